The first kappa shape index (κ1) is 16.3. The van der Waals surface area contributed by atoms with Gasteiger partial charge >= 0.3 is 5.97 Å². The summed E-state index contributed by atoms with van der Waals surface area (Å²) >= 11 is 0. The van der Waals surface area contributed by atoms with Crippen molar-refractivity contribution >= 4 is 17.8 Å². The molecule has 0 radical (unpaired) electrons. The van der Waals surface area contributed by atoms with Crippen LogP contribution in [0.1, 0.15) is 27.7 Å². The summed E-state index contributed by atoms with van der Waals surface area (Å²) in [4.78, 5) is 35.7. The molecule has 8 nitrogen and oxygen atoms in total. The lowest BCUT2D eigenvalue weighted by molar-refractivity contribution is -0.183. The van der Waals surface area contributed by atoms with Crippen LogP contribution in [0.4, 0.5) is 0 Å². The highest BCUT2D eigenvalue weighted by Crippen LogP contribution is 2.46. The number of nitrogens with zero attached hydrogens (tertiary/aromatic N) is 1. The summed E-state index contributed by atoms with van der Waals surface area (Å²) in [5, 5.41) is 21.7. The first-order chi connectivity index (χ1) is 10.1. The predicted octanol–water partition coefficient (Wildman–Crippen LogP) is -0.360. The van der Waals surface area contributed by atoms with Gasteiger partial charge < -0.3 is 20.3 Å². The lowest BCUT2D eigenvalue weighted by atomic mass is 9.88. The maximum Gasteiger partial charge on any atom is 0.356 e. The molecule has 1 fully saturated rings. The predicted molar refractivity (Wildman–Crippen MR) is 74.0 cm³/mol. The second-order valence-corrected chi connectivity index (χ2v) is 6.26. The molecular formula is C14H20N2O6. The number of carbonyl (C=O) groups excluding carboxylic acids is 2. The van der Waals surface area contributed by atoms with Gasteiger partial charge in [-0.15, -0.1) is 0 Å². The molecule has 3 N–H and O–H groups in total. The van der Waals surface area contributed by atoms with Crippen molar-refractivity contribution in [3.8, 4) is 0 Å². The van der Waals surface area contributed by atoms with E-state index in [-0.39, 0.29) is 23.9 Å². The highest BCUT2D eigenvalue weighted by atomic mass is 16.5. The maximum atomic E-state index is 12.1. The zero-order chi connectivity index (χ0) is 16.8. The van der Waals surface area contributed by atoms with Gasteiger partial charge in [0.2, 0.25) is 11.8 Å². The Morgan fingerprint density at radius 3 is 2.50 bits per heavy atom. The lowest BCUT2D eigenvalue weighted by Crippen LogP contribution is -2.62. The Bertz CT molecular complexity index is 566. The van der Waals surface area contributed by atoms with E-state index in [1.807, 2.05) is 0 Å². The van der Waals surface area contributed by atoms with Gasteiger partial charge in [0.1, 0.15) is 11.7 Å². The van der Waals surface area contributed by atoms with Crippen LogP contribution >= 0.6 is 0 Å². The van der Waals surface area contributed by atoms with Crippen molar-refractivity contribution in [1.29, 1.82) is 0 Å². The average molecular weight is 312 g/mol. The van der Waals surface area contributed by atoms with E-state index in [4.69, 9.17) is 4.74 Å². The van der Waals surface area contributed by atoms with Crippen molar-refractivity contribution in [2.45, 2.75) is 40.0 Å². The molecule has 0 aromatic carbocycles. The fourth-order valence-electron chi connectivity index (χ4n) is 2.69. The van der Waals surface area contributed by atoms with E-state index < -0.39 is 35.5 Å². The van der Waals surface area contributed by atoms with Gasteiger partial charge in [-0.25, -0.2) is 4.79 Å². The third-order valence-corrected chi connectivity index (χ3v) is 3.90. The Balaban J connectivity index is 2.32. The molecule has 0 aliphatic carbocycles. The Labute approximate surface area is 127 Å². The number of amides is 2. The van der Waals surface area contributed by atoms with Crippen molar-refractivity contribution in [1.82, 2.24) is 10.2 Å². The Hall–Kier alpha value is -2.09. The van der Waals surface area contributed by atoms with Gasteiger partial charge in [0.15, 0.2) is 11.9 Å². The number of carbonyl (C=O) groups is 3. The van der Waals surface area contributed by atoms with E-state index in [2.05, 4.69) is 5.32 Å². The standard InChI is InChI=1S/C14H20N2O6/c1-6(17)8-11(19)16-9(13(20)21)10(22-12(8)16)14(3,4)5-15-7(2)18/h6,8,12,17H,5H2,1-4H3,(H,15,18)(H,20,21)/t6-,8+,12-/m1/s1. The van der Waals surface area contributed by atoms with Crippen molar-refractivity contribution in [3.63, 3.8) is 0 Å². The minimum atomic E-state index is -1.27. The molecule has 2 rings (SSSR count). The fourth-order valence-corrected chi connectivity index (χ4v) is 2.69. The summed E-state index contributed by atoms with van der Waals surface area (Å²) in [6.45, 7) is 6.43. The molecule has 0 unspecified atom stereocenters. The summed E-state index contributed by atoms with van der Waals surface area (Å²) < 4.78 is 5.67. The fraction of sp³-hybridized carbons (Fsp3) is 0.643. The van der Waals surface area contributed by atoms with Crippen LogP contribution in [0, 0.1) is 11.3 Å². The smallest absolute Gasteiger partial charge is 0.356 e. The normalized spacial score (nSPS) is 25.3. The topological polar surface area (TPSA) is 116 Å². The van der Waals surface area contributed by atoms with Crippen LogP contribution in [0.5, 0.6) is 0 Å². The highest BCUT2D eigenvalue weighted by molar-refractivity contribution is 5.98. The van der Waals surface area contributed by atoms with Gasteiger partial charge in [-0.1, -0.05) is 13.8 Å². The van der Waals surface area contributed by atoms with Crippen LogP contribution in [0.15, 0.2) is 11.5 Å². The molecule has 0 aromatic heterocycles. The number of rotatable bonds is 5. The van der Waals surface area contributed by atoms with E-state index in [9.17, 15) is 24.6 Å². The molecule has 22 heavy (non-hydrogen) atoms. The van der Waals surface area contributed by atoms with Crippen molar-refractivity contribution in [2.75, 3.05) is 6.54 Å². The summed E-state index contributed by atoms with van der Waals surface area (Å²) in [5.74, 6) is -2.63. The molecule has 2 amide bonds. The van der Waals surface area contributed by atoms with Gasteiger partial charge in [0.05, 0.1) is 6.10 Å². The minimum absolute atomic E-state index is 0.134. The zero-order valence-electron chi connectivity index (χ0n) is 12.9. The van der Waals surface area contributed by atoms with Crippen LogP contribution in [-0.4, -0.2) is 51.8 Å². The number of β-lactam (4-membered cyclic amide) rings is 1. The Morgan fingerprint density at radius 2 is 2.05 bits per heavy atom. The molecule has 1 saturated heterocycles. The van der Waals surface area contributed by atoms with Crippen molar-refractivity contribution in [2.24, 2.45) is 11.3 Å². The molecule has 0 bridgehead atoms. The molecule has 0 aromatic rings. The second-order valence-electron chi connectivity index (χ2n) is 6.26. The third kappa shape index (κ3) is 2.43. The summed E-state index contributed by atoms with van der Waals surface area (Å²) in [7, 11) is 0. The number of carboxylic acids is 1. The van der Waals surface area contributed by atoms with Gasteiger partial charge in [-0.05, 0) is 6.92 Å². The first-order valence-corrected chi connectivity index (χ1v) is 6.98. The molecule has 0 saturated carbocycles. The van der Waals surface area contributed by atoms with Crippen molar-refractivity contribution < 1.29 is 29.3 Å². The van der Waals surface area contributed by atoms with E-state index >= 15 is 0 Å². The van der Waals surface area contributed by atoms with Gasteiger partial charge in [-0.2, -0.15) is 0 Å². The zero-order valence-corrected chi connectivity index (χ0v) is 12.9. The number of aliphatic hydroxyl groups excluding tert-OH is 1. The molecule has 8 heteroatoms. The SMILES string of the molecule is CC(=O)NCC(C)(C)C1=C(C(=O)O)N2C(=O)[C@H]([C@@H](C)O)[C@H]2O1. The summed E-state index contributed by atoms with van der Waals surface area (Å²) in [6.07, 6.45) is -1.73. The quantitative estimate of drug-likeness (QED) is 0.597. The molecule has 2 aliphatic rings. The number of hydrogen-bond donors (Lipinski definition) is 3. The average Bonchev–Trinajstić information content (AvgIpc) is 2.72. The minimum Gasteiger partial charge on any atom is -0.476 e. The van der Waals surface area contributed by atoms with Crippen LogP contribution in [0.3, 0.4) is 0 Å². The molecule has 122 valence electrons. The van der Waals surface area contributed by atoms with Gasteiger partial charge in [0, 0.05) is 18.9 Å². The van der Waals surface area contributed by atoms with E-state index in [1.54, 1.807) is 13.8 Å². The Kier molecular flexibility index (Phi) is 3.90. The Morgan fingerprint density at radius 1 is 1.45 bits per heavy atom. The summed E-state index contributed by atoms with van der Waals surface area (Å²) in [6, 6.07) is 0. The largest absolute Gasteiger partial charge is 0.476 e. The lowest BCUT2D eigenvalue weighted by Gasteiger charge is -2.42. The number of nitrogens with one attached hydrogen (secondary N) is 1. The van der Waals surface area contributed by atoms with Crippen LogP contribution in [0.2, 0.25) is 0 Å². The number of ether oxygens (including phenoxy) is 1. The maximum absolute atomic E-state index is 12.1. The van der Waals surface area contributed by atoms with Gasteiger partial charge in [-0.3, -0.25) is 14.5 Å². The van der Waals surface area contributed by atoms with Crippen LogP contribution < -0.4 is 5.32 Å². The number of carboxylic acid groups (broad SMARTS) is 1. The summed E-state index contributed by atoms with van der Waals surface area (Å²) in [5.41, 5.74) is -1.03. The number of aliphatic hydroxyl groups is 1. The first-order valence-electron chi connectivity index (χ1n) is 6.98. The number of fused-ring (bicyclic) bond motifs is 1. The number of hydrogen-bond acceptors (Lipinski definition) is 5. The molecule has 3 atom stereocenters. The van der Waals surface area contributed by atoms with E-state index in [0.29, 0.717) is 0 Å². The molecule has 2 aliphatic heterocycles. The molecule has 2 heterocycles. The third-order valence-electron chi connectivity index (χ3n) is 3.90. The molecule has 0 spiro atoms. The van der Waals surface area contributed by atoms with Crippen molar-refractivity contribution in [3.05, 3.63) is 11.5 Å². The second kappa shape index (κ2) is 5.28. The van der Waals surface area contributed by atoms with Crippen LogP contribution in [-0.2, 0) is 19.1 Å². The van der Waals surface area contributed by atoms with Crippen LogP contribution in [0.25, 0.3) is 0 Å². The van der Waals surface area contributed by atoms with E-state index in [0.717, 1.165) is 4.90 Å². The molecular weight excluding hydrogens is 292 g/mol. The number of aliphatic carboxylic acids is 1. The highest BCUT2D eigenvalue weighted by Gasteiger charge is 2.60. The monoisotopic (exact) mass is 312 g/mol. The van der Waals surface area contributed by atoms with Gasteiger partial charge in [0.25, 0.3) is 0 Å². The van der Waals surface area contributed by atoms with E-state index in [1.165, 1.54) is 13.8 Å².